The molecule has 0 radical (unpaired) electrons. The summed E-state index contributed by atoms with van der Waals surface area (Å²) in [6.45, 7) is 4.92. The Bertz CT molecular complexity index is 1080. The first kappa shape index (κ1) is 70.6. The first-order valence-electron chi connectivity index (χ1n) is 33.0. The van der Waals surface area contributed by atoms with E-state index in [1.165, 1.54) is 308 Å². The fourth-order valence-corrected chi connectivity index (χ4v) is 10.5. The molecule has 428 valence electrons. The van der Waals surface area contributed by atoms with Crippen molar-refractivity contribution in [3.05, 3.63) is 12.2 Å². The summed E-state index contributed by atoms with van der Waals surface area (Å²) in [5, 5.41) is 23.0. The third-order valence-electron chi connectivity index (χ3n) is 15.6. The van der Waals surface area contributed by atoms with Gasteiger partial charge in [0, 0.05) is 12.8 Å². The van der Waals surface area contributed by atoms with Gasteiger partial charge in [-0.15, -0.1) is 0 Å². The van der Waals surface area contributed by atoms with Crippen molar-refractivity contribution < 1.29 is 24.5 Å². The van der Waals surface area contributed by atoms with Crippen molar-refractivity contribution in [1.29, 1.82) is 0 Å². The highest BCUT2D eigenvalue weighted by atomic mass is 16.5. The molecule has 6 nitrogen and oxygen atoms in total. The summed E-state index contributed by atoms with van der Waals surface area (Å²) in [5.74, 6) is -0.0408. The largest absolute Gasteiger partial charge is 0.466 e. The zero-order valence-corrected chi connectivity index (χ0v) is 48.9. The summed E-state index contributed by atoms with van der Waals surface area (Å²) in [4.78, 5) is 24.5. The molecule has 2 unspecified atom stereocenters. The average Bonchev–Trinajstić information content (AvgIpc) is 3.38. The van der Waals surface area contributed by atoms with Crippen molar-refractivity contribution in [2.75, 3.05) is 13.2 Å². The van der Waals surface area contributed by atoms with Crippen molar-refractivity contribution in [2.45, 2.75) is 386 Å². The third kappa shape index (κ3) is 57.9. The standard InChI is InChI=1S/C66H129NO5/c1-3-5-7-9-11-13-15-16-37-40-44-48-52-56-60-66(71)72-61-57-53-49-45-41-38-35-33-31-29-27-25-23-21-19-17-18-20-22-24-26-28-30-32-34-36-39-43-47-51-55-59-65(70)67-63(62-68)64(69)58-54-50-46-42-14-12-10-8-6-4-2/h54,58,63-64,68-69H,3-53,55-57,59-62H2,1-2H3,(H,67,70)/b58-54+. The normalized spacial score (nSPS) is 12.6. The molecule has 0 aliphatic carbocycles. The number of hydrogen-bond donors (Lipinski definition) is 3. The van der Waals surface area contributed by atoms with E-state index in [1.54, 1.807) is 6.08 Å². The van der Waals surface area contributed by atoms with Gasteiger partial charge in [0.25, 0.3) is 0 Å². The number of carbonyl (C=O) groups excluding carboxylic acids is 2. The van der Waals surface area contributed by atoms with E-state index in [9.17, 15) is 19.8 Å². The maximum absolute atomic E-state index is 12.4. The van der Waals surface area contributed by atoms with Crippen LogP contribution in [0.2, 0.25) is 0 Å². The first-order valence-corrected chi connectivity index (χ1v) is 33.0. The Balaban J connectivity index is 3.30. The van der Waals surface area contributed by atoms with Gasteiger partial charge in [0.05, 0.1) is 25.4 Å². The van der Waals surface area contributed by atoms with Gasteiger partial charge in [0.1, 0.15) is 0 Å². The lowest BCUT2D eigenvalue weighted by Crippen LogP contribution is -2.45. The summed E-state index contributed by atoms with van der Waals surface area (Å²) in [6, 6.07) is -0.622. The van der Waals surface area contributed by atoms with Gasteiger partial charge in [-0.3, -0.25) is 9.59 Å². The van der Waals surface area contributed by atoms with Crippen LogP contribution in [0, 0.1) is 0 Å². The van der Waals surface area contributed by atoms with Crippen LogP contribution in [-0.4, -0.2) is 47.4 Å². The van der Waals surface area contributed by atoms with Gasteiger partial charge >= 0.3 is 5.97 Å². The van der Waals surface area contributed by atoms with Crippen LogP contribution in [0.25, 0.3) is 0 Å². The Kier molecular flexibility index (Phi) is 60.9. The lowest BCUT2D eigenvalue weighted by molar-refractivity contribution is -0.143. The molecule has 0 spiro atoms. The summed E-state index contributed by atoms with van der Waals surface area (Å²) >= 11 is 0. The molecular formula is C66H129NO5. The summed E-state index contributed by atoms with van der Waals surface area (Å²) in [5.41, 5.74) is 0. The molecule has 0 rings (SSSR count). The SMILES string of the molecule is CCCCCCCCCC/C=C/C(O)C(CO)NC(=O)CCCCCCCCCCCCCCCCCCCCCCCCCCCCCCCCCOC(=O)CCCCCCCCCCCCCCCC. The van der Waals surface area contributed by atoms with Crippen molar-refractivity contribution in [3.8, 4) is 0 Å². The van der Waals surface area contributed by atoms with Gasteiger partial charge in [0.2, 0.25) is 5.91 Å². The van der Waals surface area contributed by atoms with Gasteiger partial charge in [-0.05, 0) is 32.1 Å². The van der Waals surface area contributed by atoms with Gasteiger partial charge in [0.15, 0.2) is 0 Å². The van der Waals surface area contributed by atoms with E-state index in [4.69, 9.17) is 4.74 Å². The summed E-state index contributed by atoms with van der Waals surface area (Å²) in [6.07, 6.45) is 75.8. The van der Waals surface area contributed by atoms with Crippen LogP contribution in [0.1, 0.15) is 373 Å². The molecule has 0 saturated heterocycles. The highest BCUT2D eigenvalue weighted by molar-refractivity contribution is 5.76. The predicted molar refractivity (Wildman–Crippen MR) is 315 cm³/mol. The van der Waals surface area contributed by atoms with Gasteiger partial charge < -0.3 is 20.3 Å². The van der Waals surface area contributed by atoms with Crippen molar-refractivity contribution in [2.24, 2.45) is 0 Å². The number of allylic oxidation sites excluding steroid dienone is 1. The highest BCUT2D eigenvalue weighted by Gasteiger charge is 2.18. The maximum atomic E-state index is 12.4. The average molecular weight is 1020 g/mol. The van der Waals surface area contributed by atoms with Crippen molar-refractivity contribution in [3.63, 3.8) is 0 Å². The fourth-order valence-electron chi connectivity index (χ4n) is 10.5. The molecule has 0 heterocycles. The number of carbonyl (C=O) groups is 2. The molecule has 0 aromatic carbocycles. The molecule has 0 fully saturated rings. The minimum Gasteiger partial charge on any atom is -0.466 e. The number of rotatable bonds is 62. The second-order valence-electron chi connectivity index (χ2n) is 22.8. The van der Waals surface area contributed by atoms with E-state index in [1.807, 2.05) is 6.08 Å². The Morgan fingerprint density at radius 1 is 0.375 bits per heavy atom. The molecule has 0 bridgehead atoms. The number of nitrogens with one attached hydrogen (secondary N) is 1. The van der Waals surface area contributed by atoms with Crippen LogP contribution in [0.15, 0.2) is 12.2 Å². The minimum atomic E-state index is -0.838. The highest BCUT2D eigenvalue weighted by Crippen LogP contribution is 2.19. The summed E-state index contributed by atoms with van der Waals surface area (Å²) < 4.78 is 5.49. The zero-order chi connectivity index (χ0) is 52.2. The monoisotopic (exact) mass is 1020 g/mol. The quantitative estimate of drug-likeness (QED) is 0.0320. The smallest absolute Gasteiger partial charge is 0.305 e. The van der Waals surface area contributed by atoms with Gasteiger partial charge in [-0.1, -0.05) is 341 Å². The lowest BCUT2D eigenvalue weighted by atomic mass is 10.0. The fraction of sp³-hybridized carbons (Fsp3) is 0.939. The van der Waals surface area contributed by atoms with Crippen LogP contribution in [0.3, 0.4) is 0 Å². The molecule has 0 aliphatic heterocycles. The number of hydrogen-bond acceptors (Lipinski definition) is 5. The molecule has 0 aliphatic rings. The van der Waals surface area contributed by atoms with E-state index in [2.05, 4.69) is 19.2 Å². The Labute approximate surface area is 450 Å². The van der Waals surface area contributed by atoms with E-state index in [0.29, 0.717) is 19.4 Å². The molecule has 72 heavy (non-hydrogen) atoms. The summed E-state index contributed by atoms with van der Waals surface area (Å²) in [7, 11) is 0. The van der Waals surface area contributed by atoms with Gasteiger partial charge in [-0.2, -0.15) is 0 Å². The molecule has 0 saturated carbocycles. The second-order valence-corrected chi connectivity index (χ2v) is 22.8. The minimum absolute atomic E-state index is 0.0232. The number of unbranched alkanes of at least 4 members (excludes halogenated alkanes) is 51. The molecule has 2 atom stereocenters. The molecule has 3 N–H and O–H groups in total. The predicted octanol–water partition coefficient (Wildman–Crippen LogP) is 20.8. The Morgan fingerprint density at radius 2 is 0.639 bits per heavy atom. The number of aliphatic hydroxyl groups excluding tert-OH is 2. The molecule has 6 heteroatoms. The molecule has 1 amide bonds. The van der Waals surface area contributed by atoms with Gasteiger partial charge in [-0.25, -0.2) is 0 Å². The van der Waals surface area contributed by atoms with E-state index in [0.717, 1.165) is 38.5 Å². The number of amides is 1. The first-order chi connectivity index (χ1) is 35.5. The van der Waals surface area contributed by atoms with E-state index < -0.39 is 12.1 Å². The number of ether oxygens (including phenoxy) is 1. The van der Waals surface area contributed by atoms with Crippen molar-refractivity contribution >= 4 is 11.9 Å². The van der Waals surface area contributed by atoms with E-state index >= 15 is 0 Å². The number of esters is 1. The number of aliphatic hydroxyl groups is 2. The van der Waals surface area contributed by atoms with Crippen LogP contribution in [0.5, 0.6) is 0 Å². The molecule has 0 aromatic heterocycles. The van der Waals surface area contributed by atoms with Crippen molar-refractivity contribution in [1.82, 2.24) is 5.32 Å². The zero-order valence-electron chi connectivity index (χ0n) is 48.9. The topological polar surface area (TPSA) is 95.9 Å². The Hall–Kier alpha value is -1.40. The van der Waals surface area contributed by atoms with Crippen LogP contribution < -0.4 is 5.32 Å². The molecule has 0 aromatic rings. The maximum Gasteiger partial charge on any atom is 0.305 e. The van der Waals surface area contributed by atoms with Crippen LogP contribution in [-0.2, 0) is 14.3 Å². The molecular weight excluding hydrogens is 887 g/mol. The van der Waals surface area contributed by atoms with Crippen LogP contribution >= 0.6 is 0 Å². The Morgan fingerprint density at radius 3 is 0.944 bits per heavy atom. The second kappa shape index (κ2) is 62.1. The lowest BCUT2D eigenvalue weighted by Gasteiger charge is -2.20. The third-order valence-corrected chi connectivity index (χ3v) is 15.6. The van der Waals surface area contributed by atoms with E-state index in [-0.39, 0.29) is 18.5 Å². The van der Waals surface area contributed by atoms with Crippen LogP contribution in [0.4, 0.5) is 0 Å².